The molecule has 0 aliphatic carbocycles. The van der Waals surface area contributed by atoms with E-state index in [4.69, 9.17) is 34.8 Å². The van der Waals surface area contributed by atoms with Crippen molar-refractivity contribution < 1.29 is 5.11 Å². The predicted molar refractivity (Wildman–Crippen MR) is 52.1 cm³/mol. The normalized spacial score (nSPS) is 13.0. The van der Waals surface area contributed by atoms with E-state index >= 15 is 0 Å². The lowest BCUT2D eigenvalue weighted by Gasteiger charge is -2.08. The van der Waals surface area contributed by atoms with E-state index < -0.39 is 6.10 Å². The number of alkyl halides is 1. The Morgan fingerprint density at radius 2 is 2.00 bits per heavy atom. The molecule has 4 heteroatoms. The maximum Gasteiger partial charge on any atom is 0.0940 e. The second-order valence-electron chi connectivity index (χ2n) is 2.34. The van der Waals surface area contributed by atoms with Gasteiger partial charge in [-0.1, -0.05) is 23.2 Å². The lowest BCUT2D eigenvalue weighted by Crippen LogP contribution is -1.99. The van der Waals surface area contributed by atoms with Crippen LogP contribution in [0.25, 0.3) is 0 Å². The van der Waals surface area contributed by atoms with E-state index in [1.165, 1.54) is 0 Å². The minimum atomic E-state index is -0.752. The van der Waals surface area contributed by atoms with Crippen LogP contribution in [-0.4, -0.2) is 11.0 Å². The fraction of sp³-hybridized carbons (Fsp3) is 0.250. The van der Waals surface area contributed by atoms with Crippen LogP contribution in [0.2, 0.25) is 10.0 Å². The van der Waals surface area contributed by atoms with Crippen LogP contribution in [0, 0.1) is 0 Å². The molecule has 0 bridgehead atoms. The molecular formula is C8H7Cl3O. The highest BCUT2D eigenvalue weighted by Gasteiger charge is 2.10. The number of aliphatic hydroxyl groups excluding tert-OH is 1. The summed E-state index contributed by atoms with van der Waals surface area (Å²) in [4.78, 5) is 0. The molecule has 0 fully saturated rings. The van der Waals surface area contributed by atoms with Gasteiger partial charge in [-0.3, -0.25) is 0 Å². The van der Waals surface area contributed by atoms with Gasteiger partial charge in [0.1, 0.15) is 0 Å². The second kappa shape index (κ2) is 4.33. The summed E-state index contributed by atoms with van der Waals surface area (Å²) in [5, 5.41) is 10.4. The Morgan fingerprint density at radius 1 is 1.33 bits per heavy atom. The molecule has 12 heavy (non-hydrogen) atoms. The first-order valence-electron chi connectivity index (χ1n) is 3.34. The SMILES string of the molecule is OC(CCl)c1cc(Cl)ccc1Cl. The van der Waals surface area contributed by atoms with Gasteiger partial charge in [0.25, 0.3) is 0 Å². The Labute approximate surface area is 85.9 Å². The third kappa shape index (κ3) is 2.27. The van der Waals surface area contributed by atoms with Crippen LogP contribution >= 0.6 is 34.8 Å². The minimum absolute atomic E-state index is 0.111. The first kappa shape index (κ1) is 10.1. The molecule has 1 rings (SSSR count). The molecule has 0 heterocycles. The zero-order valence-electron chi connectivity index (χ0n) is 6.10. The van der Waals surface area contributed by atoms with Crippen LogP contribution in [0.15, 0.2) is 18.2 Å². The van der Waals surface area contributed by atoms with Gasteiger partial charge in [-0.15, -0.1) is 11.6 Å². The summed E-state index contributed by atoms with van der Waals surface area (Å²) >= 11 is 17.0. The Kier molecular flexibility index (Phi) is 3.66. The Balaban J connectivity index is 3.04. The van der Waals surface area contributed by atoms with Gasteiger partial charge >= 0.3 is 0 Å². The number of benzene rings is 1. The van der Waals surface area contributed by atoms with Crippen molar-refractivity contribution in [1.82, 2.24) is 0 Å². The molecule has 0 aliphatic heterocycles. The highest BCUT2D eigenvalue weighted by molar-refractivity contribution is 6.33. The topological polar surface area (TPSA) is 20.2 Å². The highest BCUT2D eigenvalue weighted by Crippen LogP contribution is 2.26. The Bertz CT molecular complexity index is 275. The second-order valence-corrected chi connectivity index (χ2v) is 3.49. The van der Waals surface area contributed by atoms with Crippen molar-refractivity contribution in [3.8, 4) is 0 Å². The standard InChI is InChI=1S/C8H7Cl3O/c9-4-8(12)6-3-5(10)1-2-7(6)11/h1-3,8,12H,4H2. The molecule has 1 atom stereocenters. The number of hydrogen-bond donors (Lipinski definition) is 1. The summed E-state index contributed by atoms with van der Waals surface area (Å²) in [6.07, 6.45) is -0.752. The number of rotatable bonds is 2. The molecular weight excluding hydrogens is 218 g/mol. The van der Waals surface area contributed by atoms with Gasteiger partial charge in [-0.25, -0.2) is 0 Å². The van der Waals surface area contributed by atoms with Gasteiger partial charge in [0.2, 0.25) is 0 Å². The predicted octanol–water partition coefficient (Wildman–Crippen LogP) is 3.27. The molecule has 0 radical (unpaired) electrons. The van der Waals surface area contributed by atoms with E-state index in [0.717, 1.165) is 0 Å². The van der Waals surface area contributed by atoms with Gasteiger partial charge in [0, 0.05) is 15.6 Å². The number of aliphatic hydroxyl groups is 1. The van der Waals surface area contributed by atoms with E-state index in [0.29, 0.717) is 15.6 Å². The van der Waals surface area contributed by atoms with Crippen molar-refractivity contribution in [1.29, 1.82) is 0 Å². The van der Waals surface area contributed by atoms with Crippen molar-refractivity contribution in [2.24, 2.45) is 0 Å². The third-order valence-electron chi connectivity index (χ3n) is 1.46. The molecule has 0 amide bonds. The van der Waals surface area contributed by atoms with Crippen molar-refractivity contribution >= 4 is 34.8 Å². The van der Waals surface area contributed by atoms with E-state index in [2.05, 4.69) is 0 Å². The van der Waals surface area contributed by atoms with Crippen molar-refractivity contribution in [2.75, 3.05) is 5.88 Å². The zero-order chi connectivity index (χ0) is 9.14. The van der Waals surface area contributed by atoms with Crippen LogP contribution in [-0.2, 0) is 0 Å². The maximum atomic E-state index is 9.36. The summed E-state index contributed by atoms with van der Waals surface area (Å²) in [5.41, 5.74) is 0.569. The van der Waals surface area contributed by atoms with Crippen molar-refractivity contribution in [3.05, 3.63) is 33.8 Å². The van der Waals surface area contributed by atoms with Crippen molar-refractivity contribution in [2.45, 2.75) is 6.10 Å². The molecule has 0 aromatic heterocycles. The fourth-order valence-electron chi connectivity index (χ4n) is 0.853. The van der Waals surface area contributed by atoms with Crippen LogP contribution in [0.5, 0.6) is 0 Å². The van der Waals surface area contributed by atoms with Crippen LogP contribution in [0.4, 0.5) is 0 Å². The van der Waals surface area contributed by atoms with Gasteiger partial charge in [0.15, 0.2) is 0 Å². The quantitative estimate of drug-likeness (QED) is 0.766. The Morgan fingerprint density at radius 3 is 2.58 bits per heavy atom. The van der Waals surface area contributed by atoms with E-state index in [-0.39, 0.29) is 5.88 Å². The maximum absolute atomic E-state index is 9.36. The summed E-state index contributed by atoms with van der Waals surface area (Å²) < 4.78 is 0. The summed E-state index contributed by atoms with van der Waals surface area (Å²) in [6.45, 7) is 0. The Hall–Kier alpha value is 0.0500. The van der Waals surface area contributed by atoms with Gasteiger partial charge in [-0.2, -0.15) is 0 Å². The molecule has 66 valence electrons. The van der Waals surface area contributed by atoms with Gasteiger partial charge in [-0.05, 0) is 18.2 Å². The lowest BCUT2D eigenvalue weighted by molar-refractivity contribution is 0.203. The zero-order valence-corrected chi connectivity index (χ0v) is 8.37. The number of halogens is 3. The molecule has 0 saturated carbocycles. The molecule has 1 aromatic rings. The summed E-state index contributed by atoms with van der Waals surface area (Å²) in [6, 6.07) is 4.90. The summed E-state index contributed by atoms with van der Waals surface area (Å²) in [7, 11) is 0. The fourth-order valence-corrected chi connectivity index (χ4v) is 1.44. The largest absolute Gasteiger partial charge is 0.387 e. The smallest absolute Gasteiger partial charge is 0.0940 e. The third-order valence-corrected chi connectivity index (χ3v) is 2.33. The minimum Gasteiger partial charge on any atom is -0.387 e. The molecule has 1 unspecified atom stereocenters. The first-order chi connectivity index (χ1) is 5.65. The number of hydrogen-bond acceptors (Lipinski definition) is 1. The van der Waals surface area contributed by atoms with Crippen molar-refractivity contribution in [3.63, 3.8) is 0 Å². The molecule has 1 nitrogen and oxygen atoms in total. The molecule has 1 aromatic carbocycles. The first-order valence-corrected chi connectivity index (χ1v) is 4.63. The monoisotopic (exact) mass is 224 g/mol. The van der Waals surface area contributed by atoms with Gasteiger partial charge < -0.3 is 5.11 Å². The van der Waals surface area contributed by atoms with E-state index in [1.54, 1.807) is 18.2 Å². The van der Waals surface area contributed by atoms with Crippen LogP contribution in [0.1, 0.15) is 11.7 Å². The average Bonchev–Trinajstić information content (AvgIpc) is 2.08. The molecule has 0 aliphatic rings. The lowest BCUT2D eigenvalue weighted by atomic mass is 10.1. The molecule has 0 spiro atoms. The van der Waals surface area contributed by atoms with E-state index in [1.807, 2.05) is 0 Å². The summed E-state index contributed by atoms with van der Waals surface area (Å²) in [5.74, 6) is 0.111. The van der Waals surface area contributed by atoms with E-state index in [9.17, 15) is 5.11 Å². The molecule has 0 saturated heterocycles. The molecule has 1 N–H and O–H groups in total. The average molecular weight is 226 g/mol. The van der Waals surface area contributed by atoms with Crippen LogP contribution < -0.4 is 0 Å². The van der Waals surface area contributed by atoms with Crippen LogP contribution in [0.3, 0.4) is 0 Å². The highest BCUT2D eigenvalue weighted by atomic mass is 35.5. The van der Waals surface area contributed by atoms with Gasteiger partial charge in [0.05, 0.1) is 12.0 Å².